The van der Waals surface area contributed by atoms with Crippen LogP contribution < -0.4 is 15.5 Å². The molecule has 176 valence electrons. The van der Waals surface area contributed by atoms with E-state index in [-0.39, 0.29) is 17.9 Å². The summed E-state index contributed by atoms with van der Waals surface area (Å²) >= 11 is 0. The fourth-order valence-electron chi connectivity index (χ4n) is 5.13. The molecule has 2 amide bonds. The van der Waals surface area contributed by atoms with E-state index in [0.717, 1.165) is 50.1 Å². The van der Waals surface area contributed by atoms with Crippen LogP contribution in [0.3, 0.4) is 0 Å². The number of aryl methyl sites for hydroxylation is 1. The Bertz CT molecular complexity index is 900. The molecule has 2 aliphatic rings. The minimum atomic E-state index is 0.0347. The zero-order chi connectivity index (χ0) is 22.9. The van der Waals surface area contributed by atoms with Crippen molar-refractivity contribution in [3.05, 3.63) is 65.7 Å². The first kappa shape index (κ1) is 23.3. The van der Waals surface area contributed by atoms with Gasteiger partial charge in [0.05, 0.1) is 5.56 Å². The van der Waals surface area contributed by atoms with Crippen molar-refractivity contribution in [1.82, 2.24) is 10.6 Å². The van der Waals surface area contributed by atoms with Crippen molar-refractivity contribution in [1.29, 1.82) is 0 Å². The van der Waals surface area contributed by atoms with Gasteiger partial charge in [0, 0.05) is 37.8 Å². The number of nitrogens with zero attached hydrogens (tertiary/aromatic N) is 1. The minimum Gasteiger partial charge on any atom is -0.371 e. The molecule has 1 saturated heterocycles. The molecule has 0 aromatic heterocycles. The number of amides is 2. The predicted molar refractivity (Wildman–Crippen MR) is 133 cm³/mol. The molecule has 2 aromatic carbocycles. The Kier molecular flexibility index (Phi) is 8.40. The maximum absolute atomic E-state index is 13.0. The lowest BCUT2D eigenvalue weighted by molar-refractivity contribution is -0.121. The third-order valence-electron chi connectivity index (χ3n) is 7.11. The molecule has 1 aliphatic carbocycles. The molecule has 2 N–H and O–H groups in total. The number of anilines is 1. The van der Waals surface area contributed by atoms with Crippen molar-refractivity contribution in [3.8, 4) is 0 Å². The van der Waals surface area contributed by atoms with Gasteiger partial charge in [-0.15, -0.1) is 0 Å². The summed E-state index contributed by atoms with van der Waals surface area (Å²) in [5.74, 6) is 0.781. The van der Waals surface area contributed by atoms with Crippen molar-refractivity contribution in [2.75, 3.05) is 24.5 Å². The van der Waals surface area contributed by atoms with Crippen LogP contribution in [0.5, 0.6) is 0 Å². The van der Waals surface area contributed by atoms with Crippen LogP contribution in [0, 0.1) is 5.92 Å². The van der Waals surface area contributed by atoms with Gasteiger partial charge in [-0.25, -0.2) is 0 Å². The third-order valence-corrected chi connectivity index (χ3v) is 7.11. The van der Waals surface area contributed by atoms with E-state index >= 15 is 0 Å². The van der Waals surface area contributed by atoms with Gasteiger partial charge in [0.15, 0.2) is 0 Å². The second-order valence-electron chi connectivity index (χ2n) is 9.55. The van der Waals surface area contributed by atoms with E-state index in [1.807, 2.05) is 42.5 Å². The standard InChI is InChI=1S/C28H37N3O2/c32-27(16-15-22-9-3-1-4-10-22)30-24-17-19-31(20-18-24)26-14-8-7-13-25(26)28(33)29-21-23-11-5-2-6-12-23/h1,3-4,7-10,13-14,23-24H,2,5-6,11-12,15-21H2,(H,29,33)(H,30,32). The Morgan fingerprint density at radius 1 is 0.848 bits per heavy atom. The monoisotopic (exact) mass is 447 g/mol. The maximum atomic E-state index is 13.0. The van der Waals surface area contributed by atoms with E-state index in [0.29, 0.717) is 12.3 Å². The number of para-hydroxylation sites is 1. The number of nitrogens with one attached hydrogen (secondary N) is 2. The topological polar surface area (TPSA) is 61.4 Å². The number of benzene rings is 2. The van der Waals surface area contributed by atoms with Crippen molar-refractivity contribution >= 4 is 17.5 Å². The van der Waals surface area contributed by atoms with E-state index in [9.17, 15) is 9.59 Å². The highest BCUT2D eigenvalue weighted by atomic mass is 16.2. The molecule has 1 aliphatic heterocycles. The Morgan fingerprint density at radius 3 is 2.30 bits per heavy atom. The van der Waals surface area contributed by atoms with Crippen molar-refractivity contribution in [3.63, 3.8) is 0 Å². The van der Waals surface area contributed by atoms with E-state index in [2.05, 4.69) is 27.7 Å². The second-order valence-corrected chi connectivity index (χ2v) is 9.55. The highest BCUT2D eigenvalue weighted by molar-refractivity contribution is 5.99. The Labute approximate surface area is 197 Å². The average molecular weight is 448 g/mol. The van der Waals surface area contributed by atoms with Crippen LogP contribution in [-0.2, 0) is 11.2 Å². The van der Waals surface area contributed by atoms with Crippen molar-refractivity contribution in [2.45, 2.75) is 63.8 Å². The SMILES string of the molecule is O=C(CCc1ccccc1)NC1CCN(c2ccccc2C(=O)NCC2CCCCC2)CC1. The molecule has 0 radical (unpaired) electrons. The Hall–Kier alpha value is -2.82. The summed E-state index contributed by atoms with van der Waals surface area (Å²) in [7, 11) is 0. The summed E-state index contributed by atoms with van der Waals surface area (Å²) in [4.78, 5) is 27.7. The first-order chi connectivity index (χ1) is 16.2. The number of piperidine rings is 1. The van der Waals surface area contributed by atoms with Crippen LogP contribution >= 0.6 is 0 Å². The van der Waals surface area contributed by atoms with Crippen molar-refractivity contribution in [2.24, 2.45) is 5.92 Å². The highest BCUT2D eigenvalue weighted by Gasteiger charge is 2.24. The summed E-state index contributed by atoms with van der Waals surface area (Å²) in [6.07, 6.45) is 9.45. The molecule has 5 nitrogen and oxygen atoms in total. The van der Waals surface area contributed by atoms with Crippen LogP contribution in [0.1, 0.15) is 67.3 Å². The quantitative estimate of drug-likeness (QED) is 0.616. The van der Waals surface area contributed by atoms with E-state index < -0.39 is 0 Å². The Balaban J connectivity index is 1.25. The van der Waals surface area contributed by atoms with Gasteiger partial charge < -0.3 is 15.5 Å². The van der Waals surface area contributed by atoms with Crippen LogP contribution in [-0.4, -0.2) is 37.5 Å². The van der Waals surface area contributed by atoms with Gasteiger partial charge in [0.2, 0.25) is 5.91 Å². The molecule has 0 unspecified atom stereocenters. The molecular formula is C28H37N3O2. The van der Waals surface area contributed by atoms with Gasteiger partial charge in [-0.05, 0) is 55.7 Å². The molecule has 1 heterocycles. The molecule has 1 saturated carbocycles. The number of hydrogen-bond acceptors (Lipinski definition) is 3. The molecule has 33 heavy (non-hydrogen) atoms. The van der Waals surface area contributed by atoms with Gasteiger partial charge in [0.25, 0.3) is 5.91 Å². The van der Waals surface area contributed by atoms with Crippen LogP contribution in [0.25, 0.3) is 0 Å². The summed E-state index contributed by atoms with van der Waals surface area (Å²) < 4.78 is 0. The largest absolute Gasteiger partial charge is 0.371 e. The minimum absolute atomic E-state index is 0.0347. The molecule has 0 bridgehead atoms. The molecule has 0 atom stereocenters. The normalized spacial score (nSPS) is 17.5. The zero-order valence-corrected chi connectivity index (χ0v) is 19.6. The van der Waals surface area contributed by atoms with Crippen molar-refractivity contribution < 1.29 is 9.59 Å². The van der Waals surface area contributed by atoms with Gasteiger partial charge >= 0.3 is 0 Å². The summed E-state index contributed by atoms with van der Waals surface area (Å²) in [6, 6.07) is 18.3. The summed E-state index contributed by atoms with van der Waals surface area (Å²) in [5, 5.41) is 6.40. The maximum Gasteiger partial charge on any atom is 0.253 e. The van der Waals surface area contributed by atoms with Gasteiger partial charge in [-0.3, -0.25) is 9.59 Å². The van der Waals surface area contributed by atoms with Crippen LogP contribution in [0.2, 0.25) is 0 Å². The molecule has 2 aromatic rings. The lowest BCUT2D eigenvalue weighted by atomic mass is 9.89. The highest BCUT2D eigenvalue weighted by Crippen LogP contribution is 2.26. The predicted octanol–water partition coefficient (Wildman–Crippen LogP) is 4.71. The van der Waals surface area contributed by atoms with Crippen LogP contribution in [0.15, 0.2) is 54.6 Å². The number of carbonyl (C=O) groups excluding carboxylic acids is 2. The first-order valence-corrected chi connectivity index (χ1v) is 12.6. The van der Waals surface area contributed by atoms with Crippen LogP contribution in [0.4, 0.5) is 5.69 Å². The fourth-order valence-corrected chi connectivity index (χ4v) is 5.13. The fraction of sp³-hybridized carbons (Fsp3) is 0.500. The van der Waals surface area contributed by atoms with Gasteiger partial charge in [-0.2, -0.15) is 0 Å². The smallest absolute Gasteiger partial charge is 0.253 e. The molecule has 0 spiro atoms. The molecular weight excluding hydrogens is 410 g/mol. The number of rotatable bonds is 8. The lowest BCUT2D eigenvalue weighted by Crippen LogP contribution is -2.45. The zero-order valence-electron chi connectivity index (χ0n) is 19.6. The second kappa shape index (κ2) is 11.9. The Morgan fingerprint density at radius 2 is 1.55 bits per heavy atom. The third kappa shape index (κ3) is 6.83. The van der Waals surface area contributed by atoms with Gasteiger partial charge in [-0.1, -0.05) is 61.7 Å². The number of hydrogen-bond donors (Lipinski definition) is 2. The number of carbonyl (C=O) groups is 2. The summed E-state index contributed by atoms with van der Waals surface area (Å²) in [5.41, 5.74) is 2.96. The van der Waals surface area contributed by atoms with E-state index in [4.69, 9.17) is 0 Å². The van der Waals surface area contributed by atoms with E-state index in [1.165, 1.54) is 37.7 Å². The molecule has 2 fully saturated rings. The molecule has 5 heteroatoms. The van der Waals surface area contributed by atoms with Gasteiger partial charge in [0.1, 0.15) is 0 Å². The first-order valence-electron chi connectivity index (χ1n) is 12.6. The average Bonchev–Trinajstić information content (AvgIpc) is 2.88. The molecule has 4 rings (SSSR count). The van der Waals surface area contributed by atoms with E-state index in [1.54, 1.807) is 0 Å². The lowest BCUT2D eigenvalue weighted by Gasteiger charge is -2.35. The summed E-state index contributed by atoms with van der Waals surface area (Å²) in [6.45, 7) is 2.47.